The zero-order chi connectivity index (χ0) is 57.2. The zero-order valence-electron chi connectivity index (χ0n) is 49.9. The molecular weight excluding hydrogens is 1000 g/mol. The molecular formula is C80H70N2O. The molecule has 0 radical (unpaired) electrons. The largest absolute Gasteiger partial charge is 0.456 e. The average molecular weight is 1080 g/mol. The number of fused-ring (bicyclic) bond motifs is 13. The van der Waals surface area contributed by atoms with Crippen LogP contribution < -0.4 is 0 Å². The molecule has 0 amide bonds. The van der Waals surface area contributed by atoms with Crippen molar-refractivity contribution in [3.8, 4) is 33.6 Å². The van der Waals surface area contributed by atoms with Crippen molar-refractivity contribution in [2.75, 3.05) is 0 Å². The summed E-state index contributed by atoms with van der Waals surface area (Å²) in [6.45, 7) is 27.8. The lowest BCUT2D eigenvalue weighted by atomic mass is 9.85. The minimum absolute atomic E-state index is 0.00354. The summed E-state index contributed by atoms with van der Waals surface area (Å²) in [7, 11) is 0. The number of benzene rings is 12. The van der Waals surface area contributed by atoms with E-state index in [0.717, 1.165) is 33.1 Å². The smallest absolute Gasteiger partial charge is 0.136 e. The third-order valence-electron chi connectivity index (χ3n) is 18.3. The number of aromatic nitrogens is 2. The van der Waals surface area contributed by atoms with E-state index >= 15 is 0 Å². The second kappa shape index (κ2) is 17.8. The highest BCUT2D eigenvalue weighted by molar-refractivity contribution is 6.26. The van der Waals surface area contributed by atoms with Crippen molar-refractivity contribution in [3.63, 3.8) is 0 Å². The molecule has 0 N–H and O–H groups in total. The van der Waals surface area contributed by atoms with Crippen LogP contribution in [0.4, 0.5) is 0 Å². The van der Waals surface area contributed by atoms with Crippen LogP contribution >= 0.6 is 0 Å². The summed E-state index contributed by atoms with van der Waals surface area (Å²) in [4.78, 5) is 0. The first-order valence-electron chi connectivity index (χ1n) is 29.7. The maximum atomic E-state index is 7.11. The van der Waals surface area contributed by atoms with Gasteiger partial charge in [0.1, 0.15) is 11.2 Å². The Bertz CT molecular complexity index is 4980. The van der Waals surface area contributed by atoms with E-state index in [9.17, 15) is 0 Å². The highest BCUT2D eigenvalue weighted by atomic mass is 16.3. The second-order valence-corrected chi connectivity index (χ2v) is 27.7. The summed E-state index contributed by atoms with van der Waals surface area (Å²) in [5.74, 6) is 0. The molecule has 406 valence electrons. The maximum absolute atomic E-state index is 7.11. The summed E-state index contributed by atoms with van der Waals surface area (Å²) in [6.07, 6.45) is 0. The van der Waals surface area contributed by atoms with E-state index in [2.05, 4.69) is 298 Å². The third-order valence-corrected chi connectivity index (χ3v) is 18.3. The lowest BCUT2D eigenvalue weighted by Gasteiger charge is -2.21. The van der Waals surface area contributed by atoms with E-state index in [1.165, 1.54) is 131 Å². The molecule has 0 aliphatic heterocycles. The molecule has 3 nitrogen and oxygen atoms in total. The molecule has 3 heteroatoms. The normalized spacial score (nSPS) is 13.1. The van der Waals surface area contributed by atoms with Crippen LogP contribution in [0, 0.1) is 0 Å². The third kappa shape index (κ3) is 7.76. The lowest BCUT2D eigenvalue weighted by Crippen LogP contribution is -2.10. The zero-order valence-corrected chi connectivity index (χ0v) is 49.9. The van der Waals surface area contributed by atoms with Crippen LogP contribution in [0.25, 0.3) is 142 Å². The fraction of sp³-hybridized carbons (Fsp3) is 0.200. The van der Waals surface area contributed by atoms with Gasteiger partial charge in [0, 0.05) is 53.9 Å². The number of rotatable bonds is 4. The topological polar surface area (TPSA) is 23.0 Å². The molecule has 0 bridgehead atoms. The number of hydrogen-bond acceptors (Lipinski definition) is 1. The van der Waals surface area contributed by atoms with Crippen LogP contribution in [0.1, 0.15) is 105 Å². The number of hydrogen-bond donors (Lipinski definition) is 0. The molecule has 3 aromatic heterocycles. The summed E-state index contributed by atoms with van der Waals surface area (Å²) < 4.78 is 12.2. The van der Waals surface area contributed by atoms with Crippen LogP contribution in [0.5, 0.6) is 0 Å². The van der Waals surface area contributed by atoms with Gasteiger partial charge < -0.3 is 13.6 Å². The molecule has 12 aromatic carbocycles. The van der Waals surface area contributed by atoms with E-state index in [-0.39, 0.29) is 21.7 Å². The van der Waals surface area contributed by atoms with Crippen LogP contribution in [0.3, 0.4) is 0 Å². The van der Waals surface area contributed by atoms with Crippen molar-refractivity contribution in [3.05, 3.63) is 229 Å². The van der Waals surface area contributed by atoms with Gasteiger partial charge in [-0.05, 0) is 154 Å². The van der Waals surface area contributed by atoms with Gasteiger partial charge in [-0.25, -0.2) is 0 Å². The first-order valence-corrected chi connectivity index (χ1v) is 29.7. The van der Waals surface area contributed by atoms with Crippen LogP contribution in [-0.2, 0) is 21.7 Å². The molecule has 0 aliphatic carbocycles. The lowest BCUT2D eigenvalue weighted by molar-refractivity contribution is 0.590. The van der Waals surface area contributed by atoms with Gasteiger partial charge in [-0.1, -0.05) is 223 Å². The molecule has 0 unspecified atom stereocenters. The average Bonchev–Trinajstić information content (AvgIpc) is 1.92. The molecule has 0 saturated heterocycles. The van der Waals surface area contributed by atoms with Crippen LogP contribution in [-0.4, -0.2) is 9.13 Å². The first kappa shape index (κ1) is 51.0. The van der Waals surface area contributed by atoms with Crippen molar-refractivity contribution >= 4 is 109 Å². The highest BCUT2D eigenvalue weighted by Gasteiger charge is 2.28. The minimum atomic E-state index is 0.00354. The number of nitrogens with zero attached hydrogens (tertiary/aromatic N) is 2. The second-order valence-electron chi connectivity index (χ2n) is 27.7. The van der Waals surface area contributed by atoms with E-state index in [0.29, 0.717) is 0 Å². The quantitative estimate of drug-likeness (QED) is 0.161. The maximum Gasteiger partial charge on any atom is 0.136 e. The van der Waals surface area contributed by atoms with Gasteiger partial charge in [-0.3, -0.25) is 0 Å². The van der Waals surface area contributed by atoms with Crippen molar-refractivity contribution in [2.45, 2.75) is 105 Å². The Morgan fingerprint density at radius 2 is 0.602 bits per heavy atom. The van der Waals surface area contributed by atoms with Gasteiger partial charge in [0.05, 0.1) is 33.4 Å². The molecule has 0 saturated carbocycles. The molecule has 0 fully saturated rings. The Balaban J connectivity index is 0.946. The van der Waals surface area contributed by atoms with Gasteiger partial charge in [0.15, 0.2) is 0 Å². The Kier molecular flexibility index (Phi) is 10.9. The fourth-order valence-electron chi connectivity index (χ4n) is 13.9. The summed E-state index contributed by atoms with van der Waals surface area (Å²) >= 11 is 0. The first-order chi connectivity index (χ1) is 39.7. The van der Waals surface area contributed by atoms with Gasteiger partial charge in [-0.2, -0.15) is 0 Å². The molecule has 0 spiro atoms. The monoisotopic (exact) mass is 1070 g/mol. The van der Waals surface area contributed by atoms with Crippen molar-refractivity contribution in [2.24, 2.45) is 0 Å². The fourth-order valence-corrected chi connectivity index (χ4v) is 13.9. The van der Waals surface area contributed by atoms with Gasteiger partial charge in [0.25, 0.3) is 0 Å². The number of furan rings is 1. The van der Waals surface area contributed by atoms with Gasteiger partial charge in [0.2, 0.25) is 0 Å². The van der Waals surface area contributed by atoms with E-state index in [1.54, 1.807) is 0 Å². The summed E-state index contributed by atoms with van der Waals surface area (Å²) in [5, 5.41) is 17.0. The standard InChI is InChI=1S/C80H70N2O/c1-77(2,3)48-33-38-66-62(43-48)63-44-49(78(4,5)6)34-39-67(63)81(66)75-56-26-17-13-22-52(56)72(53-23-14-18-27-57(53)75)47-32-37-60-71(42-47)83-70-31-21-30-61(74(60)70)73-54-24-15-19-28-58(54)76(59-29-20-16-25-55(59)73)82-68-40-35-50(79(7,8)9)45-64(68)65-46-51(80(10,11)12)36-41-69(65)82/h13-46H,1-12H3. The Hall–Kier alpha value is -8.92. The van der Waals surface area contributed by atoms with Crippen molar-refractivity contribution in [1.82, 2.24) is 9.13 Å². The molecule has 83 heavy (non-hydrogen) atoms. The molecule has 3 heterocycles. The molecule has 0 aliphatic rings. The summed E-state index contributed by atoms with van der Waals surface area (Å²) in [6, 6.07) is 78.4. The van der Waals surface area contributed by atoms with Crippen molar-refractivity contribution in [1.29, 1.82) is 0 Å². The predicted octanol–water partition coefficient (Wildman–Crippen LogP) is 22.9. The van der Waals surface area contributed by atoms with E-state index in [4.69, 9.17) is 4.42 Å². The SMILES string of the molecule is CC(C)(C)c1ccc2c(c1)c1cc(C(C)(C)C)ccc1n2-c1c2ccccc2c(-c2ccc3c(c2)oc2cccc(-c4c5ccccc5c(-n5c6ccc(C(C)(C)C)cc6c6cc(C(C)(C)C)ccc65)c5ccccc45)c23)c2ccccc12. The minimum Gasteiger partial charge on any atom is -0.456 e. The van der Waals surface area contributed by atoms with Crippen LogP contribution in [0.2, 0.25) is 0 Å². The van der Waals surface area contributed by atoms with E-state index in [1.807, 2.05) is 0 Å². The highest BCUT2D eigenvalue weighted by Crippen LogP contribution is 2.50. The Morgan fingerprint density at radius 3 is 0.952 bits per heavy atom. The molecule has 15 aromatic rings. The molecule has 0 atom stereocenters. The van der Waals surface area contributed by atoms with E-state index < -0.39 is 0 Å². The molecule has 15 rings (SSSR count). The Morgan fingerprint density at radius 1 is 0.265 bits per heavy atom. The van der Waals surface area contributed by atoms with Crippen molar-refractivity contribution < 1.29 is 4.42 Å². The summed E-state index contributed by atoms with van der Waals surface area (Å²) in [5.41, 5.74) is 19.1. The predicted molar refractivity (Wildman–Crippen MR) is 358 cm³/mol. The Labute approximate surface area is 486 Å². The van der Waals surface area contributed by atoms with Crippen LogP contribution in [0.15, 0.2) is 211 Å². The van der Waals surface area contributed by atoms with Gasteiger partial charge in [-0.15, -0.1) is 0 Å². The van der Waals surface area contributed by atoms with Gasteiger partial charge >= 0.3 is 0 Å².